The standard InChI is InChI=1S/C11H8ClN3/c12-8-3-4-11(10(14)6-8)15-5-1-2-9(15)7-13/h1-6H,14H2. The van der Waals surface area contributed by atoms with Crippen LogP contribution >= 0.6 is 11.6 Å². The zero-order valence-electron chi connectivity index (χ0n) is 7.81. The van der Waals surface area contributed by atoms with Crippen LogP contribution < -0.4 is 5.73 Å². The van der Waals surface area contributed by atoms with Gasteiger partial charge >= 0.3 is 0 Å². The molecule has 4 heteroatoms. The van der Waals surface area contributed by atoms with Crippen LogP contribution in [-0.4, -0.2) is 4.57 Å². The fourth-order valence-electron chi connectivity index (χ4n) is 1.43. The summed E-state index contributed by atoms with van der Waals surface area (Å²) >= 11 is 5.80. The van der Waals surface area contributed by atoms with Gasteiger partial charge in [0.2, 0.25) is 0 Å². The van der Waals surface area contributed by atoms with E-state index in [0.717, 1.165) is 5.69 Å². The Bertz CT molecular complexity index is 537. The van der Waals surface area contributed by atoms with Crippen molar-refractivity contribution < 1.29 is 0 Å². The highest BCUT2D eigenvalue weighted by Crippen LogP contribution is 2.23. The molecule has 0 radical (unpaired) electrons. The number of aromatic nitrogens is 1. The summed E-state index contributed by atoms with van der Waals surface area (Å²) < 4.78 is 1.73. The Morgan fingerprint density at radius 1 is 1.33 bits per heavy atom. The number of nitrogen functional groups attached to an aromatic ring is 1. The van der Waals surface area contributed by atoms with Crippen LogP contribution in [0.1, 0.15) is 5.69 Å². The zero-order valence-corrected chi connectivity index (χ0v) is 8.57. The van der Waals surface area contributed by atoms with Gasteiger partial charge in [0.1, 0.15) is 11.8 Å². The topological polar surface area (TPSA) is 54.7 Å². The van der Waals surface area contributed by atoms with Crippen LogP contribution in [0.3, 0.4) is 0 Å². The molecule has 0 fully saturated rings. The van der Waals surface area contributed by atoms with Gasteiger partial charge in [-0.1, -0.05) is 11.6 Å². The van der Waals surface area contributed by atoms with Gasteiger partial charge in [-0.15, -0.1) is 0 Å². The Morgan fingerprint density at radius 3 is 2.80 bits per heavy atom. The summed E-state index contributed by atoms with van der Waals surface area (Å²) in [6.07, 6.45) is 1.79. The van der Waals surface area contributed by atoms with E-state index in [9.17, 15) is 0 Å². The molecule has 0 bridgehead atoms. The molecule has 0 saturated carbocycles. The maximum absolute atomic E-state index is 8.88. The highest BCUT2D eigenvalue weighted by molar-refractivity contribution is 6.30. The van der Waals surface area contributed by atoms with Gasteiger partial charge in [-0.05, 0) is 30.3 Å². The third-order valence-electron chi connectivity index (χ3n) is 2.11. The first-order chi connectivity index (χ1) is 7.22. The fourth-order valence-corrected chi connectivity index (χ4v) is 1.61. The molecule has 0 aliphatic carbocycles. The number of rotatable bonds is 1. The molecule has 1 aromatic heterocycles. The van der Waals surface area contributed by atoms with Crippen molar-refractivity contribution in [1.29, 1.82) is 5.26 Å². The summed E-state index contributed by atoms with van der Waals surface area (Å²) in [6.45, 7) is 0. The van der Waals surface area contributed by atoms with Gasteiger partial charge in [-0.3, -0.25) is 0 Å². The maximum atomic E-state index is 8.88. The Kier molecular flexibility index (Phi) is 2.36. The van der Waals surface area contributed by atoms with Crippen molar-refractivity contribution in [2.24, 2.45) is 0 Å². The molecule has 15 heavy (non-hydrogen) atoms. The summed E-state index contributed by atoms with van der Waals surface area (Å²) in [5, 5.41) is 9.46. The average Bonchev–Trinajstić information content (AvgIpc) is 2.65. The van der Waals surface area contributed by atoms with Crippen LogP contribution in [0, 0.1) is 11.3 Å². The van der Waals surface area contributed by atoms with Crippen LogP contribution in [0.5, 0.6) is 0 Å². The molecule has 3 nitrogen and oxygen atoms in total. The Morgan fingerprint density at radius 2 is 2.13 bits per heavy atom. The van der Waals surface area contributed by atoms with E-state index < -0.39 is 0 Å². The molecule has 0 aliphatic rings. The Balaban J connectivity index is 2.60. The van der Waals surface area contributed by atoms with Gasteiger partial charge in [-0.2, -0.15) is 5.26 Å². The first kappa shape index (κ1) is 9.63. The molecule has 1 heterocycles. The lowest BCUT2D eigenvalue weighted by atomic mass is 10.2. The summed E-state index contributed by atoms with van der Waals surface area (Å²) in [5.41, 5.74) is 7.68. The lowest BCUT2D eigenvalue weighted by molar-refractivity contribution is 1.06. The lowest BCUT2D eigenvalue weighted by Crippen LogP contribution is -2.00. The van der Waals surface area contributed by atoms with Crippen molar-refractivity contribution >= 4 is 17.3 Å². The van der Waals surface area contributed by atoms with Gasteiger partial charge in [0.05, 0.1) is 11.4 Å². The van der Waals surface area contributed by atoms with Crippen molar-refractivity contribution in [2.75, 3.05) is 5.73 Å². The van der Waals surface area contributed by atoms with E-state index in [0.29, 0.717) is 16.4 Å². The molecule has 0 aliphatic heterocycles. The summed E-state index contributed by atoms with van der Waals surface area (Å²) in [7, 11) is 0. The van der Waals surface area contributed by atoms with Crippen molar-refractivity contribution in [1.82, 2.24) is 4.57 Å². The van der Waals surface area contributed by atoms with Crippen LogP contribution in [0.15, 0.2) is 36.5 Å². The molecular weight excluding hydrogens is 210 g/mol. The minimum absolute atomic E-state index is 0.545. The second-order valence-electron chi connectivity index (χ2n) is 3.08. The molecule has 0 spiro atoms. The zero-order chi connectivity index (χ0) is 10.8. The minimum Gasteiger partial charge on any atom is -0.397 e. The van der Waals surface area contributed by atoms with E-state index in [1.807, 2.05) is 0 Å². The van der Waals surface area contributed by atoms with E-state index in [4.69, 9.17) is 22.6 Å². The molecule has 0 unspecified atom stereocenters. The minimum atomic E-state index is 0.545. The molecule has 74 valence electrons. The lowest BCUT2D eigenvalue weighted by Gasteiger charge is -2.08. The molecule has 0 atom stereocenters. The van der Waals surface area contributed by atoms with Gasteiger partial charge in [0, 0.05) is 11.2 Å². The second kappa shape index (κ2) is 3.68. The number of hydrogen-bond donors (Lipinski definition) is 1. The third-order valence-corrected chi connectivity index (χ3v) is 2.35. The Labute approximate surface area is 92.3 Å². The van der Waals surface area contributed by atoms with Crippen molar-refractivity contribution in [3.63, 3.8) is 0 Å². The van der Waals surface area contributed by atoms with Crippen molar-refractivity contribution in [2.45, 2.75) is 0 Å². The summed E-state index contributed by atoms with van der Waals surface area (Å²) in [4.78, 5) is 0. The number of nitrogens with two attached hydrogens (primary N) is 1. The van der Waals surface area contributed by atoms with Crippen LogP contribution in [0.4, 0.5) is 5.69 Å². The first-order valence-corrected chi connectivity index (χ1v) is 4.73. The molecule has 1 aromatic carbocycles. The Hall–Kier alpha value is -1.92. The SMILES string of the molecule is N#Cc1cccn1-c1ccc(Cl)cc1N. The predicted molar refractivity (Wildman–Crippen MR) is 59.9 cm³/mol. The molecular formula is C11H8ClN3. The number of halogens is 1. The fraction of sp³-hybridized carbons (Fsp3) is 0. The molecule has 0 amide bonds. The maximum Gasteiger partial charge on any atom is 0.124 e. The smallest absolute Gasteiger partial charge is 0.124 e. The van der Waals surface area contributed by atoms with E-state index >= 15 is 0 Å². The highest BCUT2D eigenvalue weighted by atomic mass is 35.5. The van der Waals surface area contributed by atoms with Crippen LogP contribution in [0.25, 0.3) is 5.69 Å². The number of nitrogens with zero attached hydrogens (tertiary/aromatic N) is 2. The van der Waals surface area contributed by atoms with Crippen LogP contribution in [0.2, 0.25) is 5.02 Å². The second-order valence-corrected chi connectivity index (χ2v) is 3.51. The third kappa shape index (κ3) is 1.67. The van der Waals surface area contributed by atoms with E-state index in [2.05, 4.69) is 6.07 Å². The quantitative estimate of drug-likeness (QED) is 0.747. The largest absolute Gasteiger partial charge is 0.397 e. The van der Waals surface area contributed by atoms with Crippen molar-refractivity contribution in [3.05, 3.63) is 47.2 Å². The van der Waals surface area contributed by atoms with Gasteiger partial charge in [-0.25, -0.2) is 0 Å². The van der Waals surface area contributed by atoms with E-state index in [1.165, 1.54) is 0 Å². The summed E-state index contributed by atoms with van der Waals surface area (Å²) in [6, 6.07) is 10.8. The molecule has 2 rings (SSSR count). The summed E-state index contributed by atoms with van der Waals surface area (Å²) in [5.74, 6) is 0. The number of nitriles is 1. The van der Waals surface area contributed by atoms with E-state index in [-0.39, 0.29) is 0 Å². The predicted octanol–water partition coefficient (Wildman–Crippen LogP) is 2.58. The molecule has 2 N–H and O–H groups in total. The molecule has 0 saturated heterocycles. The normalized spacial score (nSPS) is 9.87. The molecule has 2 aromatic rings. The average molecular weight is 218 g/mol. The highest BCUT2D eigenvalue weighted by Gasteiger charge is 2.05. The van der Waals surface area contributed by atoms with E-state index in [1.54, 1.807) is 41.1 Å². The number of benzene rings is 1. The first-order valence-electron chi connectivity index (χ1n) is 4.35. The number of hydrogen-bond acceptors (Lipinski definition) is 2. The van der Waals surface area contributed by atoms with Crippen LogP contribution in [-0.2, 0) is 0 Å². The van der Waals surface area contributed by atoms with Gasteiger partial charge in [0.15, 0.2) is 0 Å². The van der Waals surface area contributed by atoms with Gasteiger partial charge in [0.25, 0.3) is 0 Å². The van der Waals surface area contributed by atoms with Crippen molar-refractivity contribution in [3.8, 4) is 11.8 Å². The van der Waals surface area contributed by atoms with Gasteiger partial charge < -0.3 is 10.3 Å². The number of anilines is 1. The monoisotopic (exact) mass is 217 g/mol.